The summed E-state index contributed by atoms with van der Waals surface area (Å²) in [5, 5.41) is 3.13. The topological polar surface area (TPSA) is 48.3 Å². The summed E-state index contributed by atoms with van der Waals surface area (Å²) >= 11 is 0. The average Bonchev–Trinajstić information content (AvgIpc) is 2.87. The van der Waals surface area contributed by atoms with Crippen LogP contribution in [0.2, 0.25) is 0 Å². The first kappa shape index (κ1) is 13.4. The summed E-state index contributed by atoms with van der Waals surface area (Å²) in [5.74, 6) is 1.62. The first-order valence-corrected chi connectivity index (χ1v) is 6.13. The predicted octanol–water partition coefficient (Wildman–Crippen LogP) is 1.67. The van der Waals surface area contributed by atoms with Crippen molar-refractivity contribution in [1.82, 2.24) is 14.9 Å². The number of ether oxygens (including phenoxy) is 2. The molecule has 0 unspecified atom stereocenters. The zero-order valence-electron chi connectivity index (χ0n) is 11.5. The Kier molecular flexibility index (Phi) is 4.41. The molecule has 1 aromatic carbocycles. The highest BCUT2D eigenvalue weighted by Gasteiger charge is 2.08. The standard InChI is InChI=1S/C14H19N3O2/c1-15-7-12-8-16-10-17(12)9-11-4-5-13(18-2)6-14(11)19-3/h4-6,8,10,15H,7,9H2,1-3H3. The molecule has 0 saturated carbocycles. The van der Waals surface area contributed by atoms with E-state index in [0.717, 1.165) is 35.8 Å². The van der Waals surface area contributed by atoms with Crippen molar-refractivity contribution in [2.24, 2.45) is 0 Å². The van der Waals surface area contributed by atoms with Crippen molar-refractivity contribution in [3.63, 3.8) is 0 Å². The Bertz CT molecular complexity index is 537. The number of hydrogen-bond acceptors (Lipinski definition) is 4. The van der Waals surface area contributed by atoms with E-state index in [4.69, 9.17) is 9.47 Å². The van der Waals surface area contributed by atoms with Crippen molar-refractivity contribution in [2.75, 3.05) is 21.3 Å². The van der Waals surface area contributed by atoms with Gasteiger partial charge in [0.25, 0.3) is 0 Å². The van der Waals surface area contributed by atoms with Crippen LogP contribution in [0.4, 0.5) is 0 Å². The summed E-state index contributed by atoms with van der Waals surface area (Å²) in [6.07, 6.45) is 3.70. The van der Waals surface area contributed by atoms with Crippen molar-refractivity contribution >= 4 is 0 Å². The molecule has 1 aromatic heterocycles. The van der Waals surface area contributed by atoms with Gasteiger partial charge in [0.2, 0.25) is 0 Å². The first-order chi connectivity index (χ1) is 9.28. The Morgan fingerprint density at radius 3 is 2.79 bits per heavy atom. The van der Waals surface area contributed by atoms with Gasteiger partial charge in [-0.2, -0.15) is 0 Å². The number of hydrogen-bond donors (Lipinski definition) is 1. The van der Waals surface area contributed by atoms with Gasteiger partial charge in [0.15, 0.2) is 0 Å². The largest absolute Gasteiger partial charge is 0.497 e. The zero-order chi connectivity index (χ0) is 13.7. The third-order valence-electron chi connectivity index (χ3n) is 2.99. The molecule has 2 aromatic rings. The van der Waals surface area contributed by atoms with E-state index in [9.17, 15) is 0 Å². The van der Waals surface area contributed by atoms with Crippen LogP contribution in [0.15, 0.2) is 30.7 Å². The third kappa shape index (κ3) is 3.06. The van der Waals surface area contributed by atoms with Gasteiger partial charge in [-0.15, -0.1) is 0 Å². The normalized spacial score (nSPS) is 10.5. The van der Waals surface area contributed by atoms with Gasteiger partial charge in [0.05, 0.1) is 32.8 Å². The average molecular weight is 261 g/mol. The van der Waals surface area contributed by atoms with Crippen molar-refractivity contribution in [3.8, 4) is 11.5 Å². The van der Waals surface area contributed by atoms with Gasteiger partial charge in [0, 0.05) is 24.4 Å². The predicted molar refractivity (Wildman–Crippen MR) is 73.6 cm³/mol. The Morgan fingerprint density at radius 2 is 2.11 bits per heavy atom. The highest BCUT2D eigenvalue weighted by atomic mass is 16.5. The minimum atomic E-state index is 0.726. The SMILES string of the molecule is CNCc1cncn1Cc1ccc(OC)cc1OC. The number of aromatic nitrogens is 2. The quantitative estimate of drug-likeness (QED) is 0.859. The minimum absolute atomic E-state index is 0.726. The van der Waals surface area contributed by atoms with Gasteiger partial charge in [-0.1, -0.05) is 0 Å². The molecule has 1 N–H and O–H groups in total. The summed E-state index contributed by atoms with van der Waals surface area (Å²) in [5.41, 5.74) is 2.24. The number of benzene rings is 1. The maximum Gasteiger partial charge on any atom is 0.127 e. The summed E-state index contributed by atoms with van der Waals surface area (Å²) in [4.78, 5) is 4.18. The van der Waals surface area contributed by atoms with Crippen LogP contribution in [0.1, 0.15) is 11.3 Å². The zero-order valence-corrected chi connectivity index (χ0v) is 11.5. The molecule has 0 saturated heterocycles. The molecule has 0 atom stereocenters. The van der Waals surface area contributed by atoms with Crippen LogP contribution < -0.4 is 14.8 Å². The summed E-state index contributed by atoms with van der Waals surface area (Å²) in [6, 6.07) is 5.84. The smallest absolute Gasteiger partial charge is 0.127 e. The molecule has 1 heterocycles. The number of imidazole rings is 1. The lowest BCUT2D eigenvalue weighted by Crippen LogP contribution is -2.11. The lowest BCUT2D eigenvalue weighted by Gasteiger charge is -2.12. The van der Waals surface area contributed by atoms with Gasteiger partial charge >= 0.3 is 0 Å². The van der Waals surface area contributed by atoms with Crippen molar-refractivity contribution in [3.05, 3.63) is 42.0 Å². The molecule has 2 rings (SSSR count). The molecule has 19 heavy (non-hydrogen) atoms. The van der Waals surface area contributed by atoms with Crippen LogP contribution in [-0.2, 0) is 13.1 Å². The highest BCUT2D eigenvalue weighted by molar-refractivity contribution is 5.41. The van der Waals surface area contributed by atoms with Crippen LogP contribution in [0.25, 0.3) is 0 Å². The van der Waals surface area contributed by atoms with Crippen LogP contribution in [0.3, 0.4) is 0 Å². The van der Waals surface area contributed by atoms with Crippen LogP contribution in [-0.4, -0.2) is 30.8 Å². The number of rotatable bonds is 6. The van der Waals surface area contributed by atoms with Crippen molar-refractivity contribution in [2.45, 2.75) is 13.1 Å². The van der Waals surface area contributed by atoms with Crippen LogP contribution in [0.5, 0.6) is 11.5 Å². The van der Waals surface area contributed by atoms with E-state index in [0.29, 0.717) is 0 Å². The van der Waals surface area contributed by atoms with Crippen molar-refractivity contribution < 1.29 is 9.47 Å². The second-order valence-electron chi connectivity index (χ2n) is 4.22. The van der Waals surface area contributed by atoms with Gasteiger partial charge in [0.1, 0.15) is 11.5 Å². The third-order valence-corrected chi connectivity index (χ3v) is 2.99. The fourth-order valence-electron chi connectivity index (χ4n) is 1.98. The van der Waals surface area contributed by atoms with Crippen LogP contribution >= 0.6 is 0 Å². The Morgan fingerprint density at radius 1 is 1.26 bits per heavy atom. The van der Waals surface area contributed by atoms with E-state index in [2.05, 4.69) is 14.9 Å². The van der Waals surface area contributed by atoms with E-state index < -0.39 is 0 Å². The van der Waals surface area contributed by atoms with E-state index in [1.807, 2.05) is 37.8 Å². The lowest BCUT2D eigenvalue weighted by molar-refractivity contribution is 0.390. The molecule has 102 valence electrons. The summed E-state index contributed by atoms with van der Waals surface area (Å²) < 4.78 is 12.7. The Hall–Kier alpha value is -2.01. The van der Waals surface area contributed by atoms with E-state index in [1.165, 1.54) is 0 Å². The monoisotopic (exact) mass is 261 g/mol. The number of nitrogens with zero attached hydrogens (tertiary/aromatic N) is 2. The highest BCUT2D eigenvalue weighted by Crippen LogP contribution is 2.25. The molecule has 0 aliphatic rings. The van der Waals surface area contributed by atoms with Gasteiger partial charge in [-0.05, 0) is 19.2 Å². The second kappa shape index (κ2) is 6.24. The maximum absolute atomic E-state index is 5.41. The Balaban J connectivity index is 2.24. The molecule has 0 aliphatic carbocycles. The summed E-state index contributed by atoms with van der Waals surface area (Å²) in [7, 11) is 5.24. The fraction of sp³-hybridized carbons (Fsp3) is 0.357. The number of methoxy groups -OCH3 is 2. The fourth-order valence-corrected chi connectivity index (χ4v) is 1.98. The van der Waals surface area contributed by atoms with E-state index >= 15 is 0 Å². The van der Waals surface area contributed by atoms with Gasteiger partial charge in [-0.25, -0.2) is 4.98 Å². The molecule has 5 nitrogen and oxygen atoms in total. The lowest BCUT2D eigenvalue weighted by atomic mass is 10.2. The van der Waals surface area contributed by atoms with E-state index in [-0.39, 0.29) is 0 Å². The Labute approximate surface area is 113 Å². The molecular weight excluding hydrogens is 242 g/mol. The molecule has 0 aliphatic heterocycles. The molecule has 0 amide bonds. The molecule has 0 radical (unpaired) electrons. The maximum atomic E-state index is 5.41. The van der Waals surface area contributed by atoms with Crippen LogP contribution in [0, 0.1) is 0 Å². The van der Waals surface area contributed by atoms with Gasteiger partial charge < -0.3 is 19.4 Å². The number of nitrogens with one attached hydrogen (secondary N) is 1. The molecule has 0 bridgehead atoms. The molecule has 0 fully saturated rings. The molecular formula is C14H19N3O2. The molecule has 5 heteroatoms. The second-order valence-corrected chi connectivity index (χ2v) is 4.22. The van der Waals surface area contributed by atoms with Crippen molar-refractivity contribution in [1.29, 1.82) is 0 Å². The molecule has 0 spiro atoms. The minimum Gasteiger partial charge on any atom is -0.497 e. The first-order valence-electron chi connectivity index (χ1n) is 6.13. The van der Waals surface area contributed by atoms with E-state index in [1.54, 1.807) is 14.2 Å². The summed E-state index contributed by atoms with van der Waals surface area (Å²) in [6.45, 7) is 1.52. The van der Waals surface area contributed by atoms with Gasteiger partial charge in [-0.3, -0.25) is 0 Å².